The van der Waals surface area contributed by atoms with Crippen LogP contribution in [0.25, 0.3) is 0 Å². The minimum absolute atomic E-state index is 0.229. The van der Waals surface area contributed by atoms with Crippen LogP contribution < -0.4 is 5.73 Å². The predicted molar refractivity (Wildman–Crippen MR) is 54.4 cm³/mol. The second-order valence-corrected chi connectivity index (χ2v) is 3.47. The van der Waals surface area contributed by atoms with Gasteiger partial charge in [0, 0.05) is 6.54 Å². The van der Waals surface area contributed by atoms with Gasteiger partial charge in [-0.15, -0.1) is 0 Å². The first-order chi connectivity index (χ1) is 6.24. The highest BCUT2D eigenvalue weighted by Crippen LogP contribution is 2.10. The molecule has 2 atom stereocenters. The van der Waals surface area contributed by atoms with Gasteiger partial charge in [0.1, 0.15) is 0 Å². The zero-order chi connectivity index (χ0) is 9.68. The first kappa shape index (κ1) is 10.2. The van der Waals surface area contributed by atoms with Gasteiger partial charge in [-0.1, -0.05) is 37.3 Å². The standard InChI is InChI=1S/C11H17NO/c1-9(11(13)8-12)7-10-5-3-2-4-6-10/h2-6,9,11,13H,7-8,12H2,1H3. The summed E-state index contributed by atoms with van der Waals surface area (Å²) >= 11 is 0. The summed E-state index contributed by atoms with van der Waals surface area (Å²) in [5, 5.41) is 9.46. The van der Waals surface area contributed by atoms with Crippen LogP contribution in [0.1, 0.15) is 12.5 Å². The molecule has 72 valence electrons. The number of hydrogen-bond donors (Lipinski definition) is 2. The molecule has 13 heavy (non-hydrogen) atoms. The molecular formula is C11H17NO. The van der Waals surface area contributed by atoms with Crippen molar-refractivity contribution in [1.82, 2.24) is 0 Å². The molecule has 0 aromatic heterocycles. The van der Waals surface area contributed by atoms with E-state index in [1.54, 1.807) is 0 Å². The predicted octanol–water partition coefficient (Wildman–Crippen LogP) is 1.18. The van der Waals surface area contributed by atoms with E-state index in [1.807, 2.05) is 25.1 Å². The van der Waals surface area contributed by atoms with Crippen molar-refractivity contribution in [3.63, 3.8) is 0 Å². The Morgan fingerprint density at radius 2 is 1.92 bits per heavy atom. The summed E-state index contributed by atoms with van der Waals surface area (Å²) in [6.45, 7) is 2.36. The average molecular weight is 179 g/mol. The van der Waals surface area contributed by atoms with Gasteiger partial charge in [0.05, 0.1) is 6.10 Å². The minimum atomic E-state index is -0.389. The smallest absolute Gasteiger partial charge is 0.0691 e. The Morgan fingerprint density at radius 3 is 2.46 bits per heavy atom. The van der Waals surface area contributed by atoms with Crippen LogP contribution in [0.5, 0.6) is 0 Å². The van der Waals surface area contributed by atoms with Crippen LogP contribution in [-0.4, -0.2) is 17.8 Å². The summed E-state index contributed by atoms with van der Waals surface area (Å²) in [6, 6.07) is 10.2. The quantitative estimate of drug-likeness (QED) is 0.729. The van der Waals surface area contributed by atoms with E-state index < -0.39 is 0 Å². The monoisotopic (exact) mass is 179 g/mol. The van der Waals surface area contributed by atoms with E-state index in [1.165, 1.54) is 5.56 Å². The van der Waals surface area contributed by atoms with E-state index in [0.29, 0.717) is 6.54 Å². The fraction of sp³-hybridized carbons (Fsp3) is 0.455. The van der Waals surface area contributed by atoms with E-state index in [9.17, 15) is 5.11 Å². The summed E-state index contributed by atoms with van der Waals surface area (Å²) in [5.74, 6) is 0.229. The molecule has 1 aromatic rings. The van der Waals surface area contributed by atoms with Crippen molar-refractivity contribution in [2.45, 2.75) is 19.4 Å². The van der Waals surface area contributed by atoms with Gasteiger partial charge in [-0.3, -0.25) is 0 Å². The Bertz CT molecular complexity index is 235. The van der Waals surface area contributed by atoms with Crippen LogP contribution in [0.15, 0.2) is 30.3 Å². The lowest BCUT2D eigenvalue weighted by molar-refractivity contribution is 0.124. The molecule has 0 saturated carbocycles. The molecule has 1 rings (SSSR count). The van der Waals surface area contributed by atoms with Gasteiger partial charge in [-0.25, -0.2) is 0 Å². The fourth-order valence-electron chi connectivity index (χ4n) is 1.35. The molecule has 2 nitrogen and oxygen atoms in total. The Hall–Kier alpha value is -0.860. The molecular weight excluding hydrogens is 162 g/mol. The lowest BCUT2D eigenvalue weighted by Gasteiger charge is -2.16. The van der Waals surface area contributed by atoms with E-state index >= 15 is 0 Å². The van der Waals surface area contributed by atoms with Crippen molar-refractivity contribution in [3.05, 3.63) is 35.9 Å². The van der Waals surface area contributed by atoms with Gasteiger partial charge < -0.3 is 10.8 Å². The maximum absolute atomic E-state index is 9.46. The molecule has 1 aromatic carbocycles. The maximum Gasteiger partial charge on any atom is 0.0691 e. The van der Waals surface area contributed by atoms with Crippen molar-refractivity contribution in [1.29, 1.82) is 0 Å². The maximum atomic E-state index is 9.46. The summed E-state index contributed by atoms with van der Waals surface area (Å²) < 4.78 is 0. The van der Waals surface area contributed by atoms with E-state index in [2.05, 4.69) is 12.1 Å². The van der Waals surface area contributed by atoms with Crippen LogP contribution >= 0.6 is 0 Å². The highest BCUT2D eigenvalue weighted by molar-refractivity contribution is 5.15. The fourth-order valence-corrected chi connectivity index (χ4v) is 1.35. The first-order valence-electron chi connectivity index (χ1n) is 4.66. The Balaban J connectivity index is 2.50. The molecule has 0 spiro atoms. The molecule has 0 radical (unpaired) electrons. The normalized spacial score (nSPS) is 15.3. The number of benzene rings is 1. The highest BCUT2D eigenvalue weighted by Gasteiger charge is 2.12. The van der Waals surface area contributed by atoms with E-state index in [-0.39, 0.29) is 12.0 Å². The lowest BCUT2D eigenvalue weighted by Crippen LogP contribution is -2.28. The average Bonchev–Trinajstić information content (AvgIpc) is 2.18. The van der Waals surface area contributed by atoms with Gasteiger partial charge in [-0.05, 0) is 17.9 Å². The van der Waals surface area contributed by atoms with Gasteiger partial charge >= 0.3 is 0 Å². The molecule has 0 saturated heterocycles. The highest BCUT2D eigenvalue weighted by atomic mass is 16.3. The summed E-state index contributed by atoms with van der Waals surface area (Å²) in [5.41, 5.74) is 6.63. The van der Waals surface area contributed by atoms with Crippen LogP contribution in [0.2, 0.25) is 0 Å². The number of aliphatic hydroxyl groups is 1. The number of hydrogen-bond acceptors (Lipinski definition) is 2. The van der Waals surface area contributed by atoms with Crippen LogP contribution in [0.4, 0.5) is 0 Å². The molecule has 0 heterocycles. The summed E-state index contributed by atoms with van der Waals surface area (Å²) in [4.78, 5) is 0. The third kappa shape index (κ3) is 3.17. The summed E-state index contributed by atoms with van der Waals surface area (Å²) in [7, 11) is 0. The molecule has 2 heteroatoms. The zero-order valence-corrected chi connectivity index (χ0v) is 7.98. The van der Waals surface area contributed by atoms with Crippen LogP contribution in [0.3, 0.4) is 0 Å². The van der Waals surface area contributed by atoms with Gasteiger partial charge in [0.2, 0.25) is 0 Å². The van der Waals surface area contributed by atoms with Crippen molar-refractivity contribution in [3.8, 4) is 0 Å². The molecule has 3 N–H and O–H groups in total. The first-order valence-corrected chi connectivity index (χ1v) is 4.66. The second kappa shape index (κ2) is 5.00. The van der Waals surface area contributed by atoms with Crippen LogP contribution in [-0.2, 0) is 6.42 Å². The van der Waals surface area contributed by atoms with E-state index in [4.69, 9.17) is 5.73 Å². The zero-order valence-electron chi connectivity index (χ0n) is 7.98. The lowest BCUT2D eigenvalue weighted by atomic mass is 9.96. The van der Waals surface area contributed by atoms with Gasteiger partial charge in [0.25, 0.3) is 0 Å². The van der Waals surface area contributed by atoms with Gasteiger partial charge in [0.15, 0.2) is 0 Å². The largest absolute Gasteiger partial charge is 0.392 e. The molecule has 0 aliphatic heterocycles. The van der Waals surface area contributed by atoms with Crippen molar-refractivity contribution in [2.24, 2.45) is 11.7 Å². The summed E-state index contributed by atoms with van der Waals surface area (Å²) in [6.07, 6.45) is 0.499. The number of nitrogens with two attached hydrogens (primary N) is 1. The van der Waals surface area contributed by atoms with Gasteiger partial charge in [-0.2, -0.15) is 0 Å². The molecule has 2 unspecified atom stereocenters. The molecule has 0 aliphatic carbocycles. The molecule has 0 fully saturated rings. The van der Waals surface area contributed by atoms with Crippen molar-refractivity contribution < 1.29 is 5.11 Å². The van der Waals surface area contributed by atoms with Crippen molar-refractivity contribution >= 4 is 0 Å². The minimum Gasteiger partial charge on any atom is -0.392 e. The van der Waals surface area contributed by atoms with Crippen molar-refractivity contribution in [2.75, 3.05) is 6.54 Å². The topological polar surface area (TPSA) is 46.2 Å². The molecule has 0 bridgehead atoms. The Labute approximate surface area is 79.4 Å². The number of rotatable bonds is 4. The Kier molecular flexibility index (Phi) is 3.93. The van der Waals surface area contributed by atoms with Crippen LogP contribution in [0, 0.1) is 5.92 Å². The second-order valence-electron chi connectivity index (χ2n) is 3.47. The SMILES string of the molecule is CC(Cc1ccccc1)C(O)CN. The van der Waals surface area contributed by atoms with E-state index in [0.717, 1.165) is 6.42 Å². The number of aliphatic hydroxyl groups excluding tert-OH is 1. The third-order valence-electron chi connectivity index (χ3n) is 2.30. The third-order valence-corrected chi connectivity index (χ3v) is 2.30. The molecule has 0 aliphatic rings. The Morgan fingerprint density at radius 1 is 1.31 bits per heavy atom. The molecule has 0 amide bonds.